The van der Waals surface area contributed by atoms with Gasteiger partial charge in [0.2, 0.25) is 5.43 Å². The Morgan fingerprint density at radius 3 is 2.56 bits per heavy atom. The quantitative estimate of drug-likeness (QED) is 0.796. The van der Waals surface area contributed by atoms with E-state index in [-0.39, 0.29) is 5.43 Å². The normalized spacial score (nSPS) is 15.6. The topological polar surface area (TPSA) is 37.9 Å². The number of nitrogens with one attached hydrogen (secondary N) is 1. The fourth-order valence-corrected chi connectivity index (χ4v) is 3.67. The van der Waals surface area contributed by atoms with E-state index in [0.29, 0.717) is 11.0 Å². The maximum Gasteiger partial charge on any atom is 0.201 e. The van der Waals surface area contributed by atoms with Gasteiger partial charge in [0.25, 0.3) is 0 Å². The molecule has 0 aliphatic carbocycles. The van der Waals surface area contributed by atoms with Gasteiger partial charge in [-0.1, -0.05) is 30.3 Å². The van der Waals surface area contributed by atoms with Gasteiger partial charge >= 0.3 is 0 Å². The molecule has 128 valence electrons. The minimum atomic E-state index is 0.107. The molecule has 0 bridgehead atoms. The molecule has 0 atom stereocenters. The lowest BCUT2D eigenvalue weighted by molar-refractivity contribution is -0.914. The maximum absolute atomic E-state index is 12.6. The second-order valence-corrected chi connectivity index (χ2v) is 6.79. The van der Waals surface area contributed by atoms with Crippen LogP contribution in [0, 0.1) is 6.92 Å². The van der Waals surface area contributed by atoms with Crippen molar-refractivity contribution >= 4 is 16.7 Å². The Balaban J connectivity index is 1.46. The van der Waals surface area contributed by atoms with Crippen molar-refractivity contribution in [1.82, 2.24) is 0 Å². The number of fused-ring (bicyclic) bond motifs is 1. The van der Waals surface area contributed by atoms with Crippen molar-refractivity contribution in [1.29, 1.82) is 0 Å². The van der Waals surface area contributed by atoms with Crippen LogP contribution in [0.3, 0.4) is 0 Å². The summed E-state index contributed by atoms with van der Waals surface area (Å²) in [7, 11) is 0. The molecular formula is C21H23N2O2+. The smallest absolute Gasteiger partial charge is 0.201 e. The van der Waals surface area contributed by atoms with Gasteiger partial charge in [0, 0.05) is 5.69 Å². The van der Waals surface area contributed by atoms with Crippen LogP contribution < -0.4 is 15.2 Å². The average Bonchev–Trinajstić information content (AvgIpc) is 2.65. The third-order valence-corrected chi connectivity index (χ3v) is 5.12. The van der Waals surface area contributed by atoms with E-state index in [1.807, 2.05) is 24.3 Å². The Labute approximate surface area is 147 Å². The number of para-hydroxylation sites is 2. The highest BCUT2D eigenvalue weighted by atomic mass is 16.3. The number of quaternary nitrogens is 1. The number of benzene rings is 2. The van der Waals surface area contributed by atoms with Crippen molar-refractivity contribution < 1.29 is 9.32 Å². The zero-order chi connectivity index (χ0) is 17.2. The average molecular weight is 335 g/mol. The molecule has 1 aromatic heterocycles. The fraction of sp³-hybridized carbons (Fsp3) is 0.286. The van der Waals surface area contributed by atoms with Crippen LogP contribution >= 0.6 is 0 Å². The highest BCUT2D eigenvalue weighted by Crippen LogP contribution is 2.19. The van der Waals surface area contributed by atoms with Gasteiger partial charge in [-0.15, -0.1) is 0 Å². The van der Waals surface area contributed by atoms with Gasteiger partial charge in [-0.2, -0.15) is 0 Å². The number of aryl methyl sites for hydroxylation is 1. The van der Waals surface area contributed by atoms with E-state index in [4.69, 9.17) is 4.42 Å². The lowest BCUT2D eigenvalue weighted by Crippen LogP contribution is -3.13. The first-order valence-electron chi connectivity index (χ1n) is 8.86. The molecule has 1 saturated heterocycles. The molecule has 0 radical (unpaired) electrons. The van der Waals surface area contributed by atoms with E-state index in [0.717, 1.165) is 38.3 Å². The highest BCUT2D eigenvalue weighted by Gasteiger charge is 2.22. The Hall–Kier alpha value is -2.59. The van der Waals surface area contributed by atoms with Crippen LogP contribution in [0.25, 0.3) is 11.0 Å². The standard InChI is InChI=1S/C21H22N2O2/c1-16-6-2-4-8-19(16)23-12-10-22(11-13-23)14-17-15-25-20-9-5-3-7-18(20)21(17)24/h2-9,15H,10-14H2,1H3/p+1. The monoisotopic (exact) mass is 335 g/mol. The molecular weight excluding hydrogens is 312 g/mol. The van der Waals surface area contributed by atoms with Crippen LogP contribution in [-0.4, -0.2) is 26.2 Å². The van der Waals surface area contributed by atoms with E-state index in [9.17, 15) is 4.79 Å². The largest absolute Gasteiger partial charge is 0.464 e. The number of rotatable bonds is 3. The number of hydrogen-bond acceptors (Lipinski definition) is 3. The summed E-state index contributed by atoms with van der Waals surface area (Å²) in [6.07, 6.45) is 1.64. The van der Waals surface area contributed by atoms with Crippen LogP contribution in [0.1, 0.15) is 11.1 Å². The molecule has 2 aromatic carbocycles. The van der Waals surface area contributed by atoms with Gasteiger partial charge in [0.05, 0.1) is 37.1 Å². The molecule has 4 heteroatoms. The molecule has 4 rings (SSSR count). The molecule has 1 fully saturated rings. The third-order valence-electron chi connectivity index (χ3n) is 5.12. The van der Waals surface area contributed by atoms with E-state index in [1.165, 1.54) is 16.2 Å². The van der Waals surface area contributed by atoms with E-state index >= 15 is 0 Å². The van der Waals surface area contributed by atoms with Crippen molar-refractivity contribution in [2.45, 2.75) is 13.5 Å². The lowest BCUT2D eigenvalue weighted by atomic mass is 10.1. The van der Waals surface area contributed by atoms with Gasteiger partial charge in [-0.05, 0) is 30.7 Å². The number of nitrogens with zero attached hydrogens (tertiary/aromatic N) is 1. The van der Waals surface area contributed by atoms with Crippen LogP contribution in [0.2, 0.25) is 0 Å². The summed E-state index contributed by atoms with van der Waals surface area (Å²) in [4.78, 5) is 16.5. The van der Waals surface area contributed by atoms with Crippen molar-refractivity contribution in [3.05, 3.63) is 76.1 Å². The summed E-state index contributed by atoms with van der Waals surface area (Å²) in [6, 6.07) is 16.0. The molecule has 4 nitrogen and oxygen atoms in total. The molecule has 0 spiro atoms. The lowest BCUT2D eigenvalue weighted by Gasteiger charge is -2.34. The summed E-state index contributed by atoms with van der Waals surface area (Å²) in [5.74, 6) is 0. The van der Waals surface area contributed by atoms with Gasteiger partial charge in [0.1, 0.15) is 18.4 Å². The molecule has 25 heavy (non-hydrogen) atoms. The minimum Gasteiger partial charge on any atom is -0.464 e. The van der Waals surface area contributed by atoms with Crippen LogP contribution in [0.15, 0.2) is 64.0 Å². The third kappa shape index (κ3) is 3.17. The highest BCUT2D eigenvalue weighted by molar-refractivity contribution is 5.76. The first-order chi connectivity index (χ1) is 12.2. The van der Waals surface area contributed by atoms with Crippen molar-refractivity contribution in [2.24, 2.45) is 0 Å². The Morgan fingerprint density at radius 1 is 1.04 bits per heavy atom. The Morgan fingerprint density at radius 2 is 1.76 bits per heavy atom. The van der Waals surface area contributed by atoms with E-state index < -0.39 is 0 Å². The minimum absolute atomic E-state index is 0.107. The molecule has 0 unspecified atom stereocenters. The number of anilines is 1. The van der Waals surface area contributed by atoms with E-state index in [1.54, 1.807) is 6.26 Å². The second kappa shape index (κ2) is 6.73. The molecule has 1 aliphatic rings. The Bertz CT molecular complexity index is 940. The molecule has 2 heterocycles. The van der Waals surface area contributed by atoms with Crippen LogP contribution in [0.5, 0.6) is 0 Å². The van der Waals surface area contributed by atoms with Crippen LogP contribution in [0.4, 0.5) is 5.69 Å². The molecule has 0 saturated carbocycles. The molecule has 1 N–H and O–H groups in total. The summed E-state index contributed by atoms with van der Waals surface area (Å²) in [5, 5.41) is 0.679. The predicted molar refractivity (Wildman–Crippen MR) is 100 cm³/mol. The van der Waals surface area contributed by atoms with E-state index in [2.05, 4.69) is 36.1 Å². The zero-order valence-electron chi connectivity index (χ0n) is 14.5. The number of piperazine rings is 1. The summed E-state index contributed by atoms with van der Waals surface area (Å²) in [5.41, 5.74) is 4.19. The summed E-state index contributed by atoms with van der Waals surface area (Å²) < 4.78 is 5.65. The van der Waals surface area contributed by atoms with Gasteiger partial charge in [0.15, 0.2) is 0 Å². The first-order valence-corrected chi connectivity index (χ1v) is 8.86. The van der Waals surface area contributed by atoms with Gasteiger partial charge in [-0.3, -0.25) is 4.79 Å². The van der Waals surface area contributed by atoms with Gasteiger partial charge in [-0.25, -0.2) is 0 Å². The van der Waals surface area contributed by atoms with Crippen molar-refractivity contribution in [2.75, 3.05) is 31.1 Å². The SMILES string of the molecule is Cc1ccccc1N1CC[NH+](Cc2coc3ccccc3c2=O)CC1. The van der Waals surface area contributed by atoms with Gasteiger partial charge < -0.3 is 14.2 Å². The van der Waals surface area contributed by atoms with Crippen molar-refractivity contribution in [3.8, 4) is 0 Å². The first kappa shape index (κ1) is 15.9. The molecule has 3 aromatic rings. The van der Waals surface area contributed by atoms with Crippen LogP contribution in [-0.2, 0) is 6.54 Å². The maximum atomic E-state index is 12.6. The van der Waals surface area contributed by atoms with Crippen molar-refractivity contribution in [3.63, 3.8) is 0 Å². The number of hydrogen-bond donors (Lipinski definition) is 1. The fourth-order valence-electron chi connectivity index (χ4n) is 3.67. The molecule has 0 amide bonds. The summed E-state index contributed by atoms with van der Waals surface area (Å²) >= 11 is 0. The predicted octanol–water partition coefficient (Wildman–Crippen LogP) is 2.01. The molecule has 1 aliphatic heterocycles. The zero-order valence-corrected chi connectivity index (χ0v) is 14.5. The second-order valence-electron chi connectivity index (χ2n) is 6.79. The Kier molecular flexibility index (Phi) is 4.28. The summed E-state index contributed by atoms with van der Waals surface area (Å²) in [6.45, 7) is 6.98.